The molecule has 0 radical (unpaired) electrons. The lowest BCUT2D eigenvalue weighted by molar-refractivity contribution is -0.120. The predicted molar refractivity (Wildman–Crippen MR) is 192 cm³/mol. The lowest BCUT2D eigenvalue weighted by Gasteiger charge is -2.06. The molecule has 8 nitrogen and oxygen atoms in total. The Labute approximate surface area is 268 Å². The van der Waals surface area contributed by atoms with Gasteiger partial charge < -0.3 is 10.6 Å². The third-order valence-corrected chi connectivity index (χ3v) is 7.05. The third kappa shape index (κ3) is 9.49. The van der Waals surface area contributed by atoms with Gasteiger partial charge in [0.1, 0.15) is 0 Å². The van der Waals surface area contributed by atoms with Crippen molar-refractivity contribution in [3.05, 3.63) is 131 Å². The molecular weight excluding hydrogens is 572 g/mol. The van der Waals surface area contributed by atoms with Crippen molar-refractivity contribution < 1.29 is 9.59 Å². The molecular formula is C38H36N6O2. The molecule has 0 saturated heterocycles. The molecule has 0 aliphatic carbocycles. The van der Waals surface area contributed by atoms with Crippen LogP contribution in [0.4, 0.5) is 11.4 Å². The monoisotopic (exact) mass is 608 g/mol. The normalized spacial score (nSPS) is 12.1. The summed E-state index contributed by atoms with van der Waals surface area (Å²) in [6, 6.07) is 36.2. The van der Waals surface area contributed by atoms with Crippen molar-refractivity contribution in [1.29, 1.82) is 0 Å². The molecule has 46 heavy (non-hydrogen) atoms. The first-order chi connectivity index (χ1) is 22.4. The van der Waals surface area contributed by atoms with Crippen molar-refractivity contribution >= 4 is 69.3 Å². The Morgan fingerprint density at radius 3 is 1.35 bits per heavy atom. The van der Waals surface area contributed by atoms with E-state index in [1.807, 2.05) is 123 Å². The quantitative estimate of drug-likeness (QED) is 0.0886. The first-order valence-electron chi connectivity index (χ1n) is 15.0. The fourth-order valence-corrected chi connectivity index (χ4v) is 4.74. The zero-order valence-electron chi connectivity index (χ0n) is 25.8. The van der Waals surface area contributed by atoms with Gasteiger partial charge in [0.15, 0.2) is 0 Å². The van der Waals surface area contributed by atoms with Gasteiger partial charge >= 0.3 is 0 Å². The van der Waals surface area contributed by atoms with Gasteiger partial charge in [-0.1, -0.05) is 97.1 Å². The lowest BCUT2D eigenvalue weighted by atomic mass is 10.1. The minimum Gasteiger partial charge on any atom is -0.376 e. The van der Waals surface area contributed by atoms with Crippen LogP contribution in [0.1, 0.15) is 25.0 Å². The van der Waals surface area contributed by atoms with E-state index in [0.717, 1.165) is 55.2 Å². The molecule has 0 fully saturated rings. The van der Waals surface area contributed by atoms with Gasteiger partial charge in [0, 0.05) is 11.4 Å². The van der Waals surface area contributed by atoms with Crippen LogP contribution in [0, 0.1) is 0 Å². The van der Waals surface area contributed by atoms with Gasteiger partial charge in [-0.05, 0) is 81.9 Å². The molecule has 0 unspecified atom stereocenters. The second-order valence-electron chi connectivity index (χ2n) is 10.9. The number of carbonyl (C=O) groups excluding carboxylic acids is 2. The standard InChI is InChI=1S/C38H36N6O2/c1-27(23-41-43-37(45)25-39-35-17-15-31-7-3-5-9-33(31)21-35)19-29-11-13-30(14-12-29)20-28(2)24-42-44-38(46)26-40-36-18-16-32-8-4-6-10-34(32)22-36/h3-24,39-40H,25-26H2,1-2H3,(H,43,45)(H,44,46)/b27-19+,28-20+,41-23+,42-24+. The summed E-state index contributed by atoms with van der Waals surface area (Å²) in [6.45, 7) is 4.08. The molecule has 0 spiro atoms. The first kappa shape index (κ1) is 31.4. The van der Waals surface area contributed by atoms with Gasteiger partial charge in [0.25, 0.3) is 11.8 Å². The zero-order chi connectivity index (χ0) is 32.1. The number of rotatable bonds is 12. The van der Waals surface area contributed by atoms with E-state index in [1.54, 1.807) is 12.4 Å². The lowest BCUT2D eigenvalue weighted by Crippen LogP contribution is -2.25. The third-order valence-electron chi connectivity index (χ3n) is 7.05. The number of amides is 2. The number of hydrazone groups is 2. The number of hydrogen-bond donors (Lipinski definition) is 4. The number of nitrogens with zero attached hydrogens (tertiary/aromatic N) is 2. The number of allylic oxidation sites excluding steroid dienone is 2. The number of fused-ring (bicyclic) bond motifs is 2. The van der Waals surface area contributed by atoms with Crippen LogP contribution in [0.15, 0.2) is 131 Å². The van der Waals surface area contributed by atoms with Crippen LogP contribution in [0.2, 0.25) is 0 Å². The summed E-state index contributed by atoms with van der Waals surface area (Å²) in [6.07, 6.45) is 7.19. The Kier molecular flexibility index (Phi) is 10.7. The van der Waals surface area contributed by atoms with Crippen LogP contribution in [0.25, 0.3) is 33.7 Å². The largest absolute Gasteiger partial charge is 0.376 e. The Morgan fingerprint density at radius 2 is 0.935 bits per heavy atom. The van der Waals surface area contributed by atoms with Gasteiger partial charge in [-0.3, -0.25) is 9.59 Å². The molecule has 0 heterocycles. The highest BCUT2D eigenvalue weighted by Gasteiger charge is 2.02. The molecule has 5 rings (SSSR count). The average molecular weight is 609 g/mol. The van der Waals surface area contributed by atoms with E-state index in [4.69, 9.17) is 0 Å². The number of anilines is 2. The Bertz CT molecular complexity index is 1820. The minimum atomic E-state index is -0.232. The number of nitrogens with one attached hydrogen (secondary N) is 4. The number of carbonyl (C=O) groups is 2. The fourth-order valence-electron chi connectivity index (χ4n) is 4.74. The average Bonchev–Trinajstić information content (AvgIpc) is 3.07. The summed E-state index contributed by atoms with van der Waals surface area (Å²) in [4.78, 5) is 24.4. The SMILES string of the molecule is CC(/C=N/NC(=O)CNc1ccc2ccccc2c1)=C\c1ccc(/C=C(C)/C=N/NC(=O)CNc2ccc3ccccc3c2)cc1. The Hall–Kier alpha value is -6.02. The topological polar surface area (TPSA) is 107 Å². The maximum atomic E-state index is 12.2. The van der Waals surface area contributed by atoms with E-state index in [9.17, 15) is 9.59 Å². The highest BCUT2D eigenvalue weighted by atomic mass is 16.2. The van der Waals surface area contributed by atoms with Crippen molar-refractivity contribution in [1.82, 2.24) is 10.9 Å². The van der Waals surface area contributed by atoms with E-state index in [0.29, 0.717) is 0 Å². The molecule has 0 atom stereocenters. The van der Waals surface area contributed by atoms with Crippen molar-refractivity contribution in [2.45, 2.75) is 13.8 Å². The molecule has 0 aliphatic heterocycles. The highest BCUT2D eigenvalue weighted by Crippen LogP contribution is 2.19. The van der Waals surface area contributed by atoms with E-state index < -0.39 is 0 Å². The minimum absolute atomic E-state index is 0.118. The summed E-state index contributed by atoms with van der Waals surface area (Å²) in [5, 5.41) is 18.9. The number of benzene rings is 5. The van der Waals surface area contributed by atoms with Crippen LogP contribution in [0.3, 0.4) is 0 Å². The van der Waals surface area contributed by atoms with Gasteiger partial charge in [0.2, 0.25) is 0 Å². The molecule has 0 aliphatic rings. The van der Waals surface area contributed by atoms with Gasteiger partial charge in [-0.2, -0.15) is 10.2 Å². The summed E-state index contributed by atoms with van der Waals surface area (Å²) < 4.78 is 0. The molecule has 0 saturated carbocycles. The van der Waals surface area contributed by atoms with Crippen molar-refractivity contribution in [2.24, 2.45) is 10.2 Å². The molecule has 2 amide bonds. The smallest absolute Gasteiger partial charge is 0.259 e. The van der Waals surface area contributed by atoms with Crippen LogP contribution < -0.4 is 21.5 Å². The summed E-state index contributed by atoms with van der Waals surface area (Å²) >= 11 is 0. The highest BCUT2D eigenvalue weighted by molar-refractivity contribution is 5.90. The van der Waals surface area contributed by atoms with Crippen LogP contribution in [-0.2, 0) is 9.59 Å². The van der Waals surface area contributed by atoms with E-state index in [-0.39, 0.29) is 24.9 Å². The maximum Gasteiger partial charge on any atom is 0.259 e. The molecule has 5 aromatic rings. The molecule has 4 N–H and O–H groups in total. The van der Waals surface area contributed by atoms with E-state index >= 15 is 0 Å². The maximum absolute atomic E-state index is 12.2. The van der Waals surface area contributed by atoms with Gasteiger partial charge in [-0.25, -0.2) is 10.9 Å². The van der Waals surface area contributed by atoms with Crippen molar-refractivity contribution in [3.63, 3.8) is 0 Å². The zero-order valence-corrected chi connectivity index (χ0v) is 25.8. The molecule has 0 aromatic heterocycles. The summed E-state index contributed by atoms with van der Waals surface area (Å²) in [5.41, 5.74) is 10.7. The van der Waals surface area contributed by atoms with Gasteiger partial charge in [0.05, 0.1) is 25.5 Å². The van der Waals surface area contributed by atoms with Crippen LogP contribution in [0.5, 0.6) is 0 Å². The molecule has 0 bridgehead atoms. The fraction of sp³-hybridized carbons (Fsp3) is 0.105. The van der Waals surface area contributed by atoms with Crippen LogP contribution >= 0.6 is 0 Å². The Morgan fingerprint density at radius 1 is 0.543 bits per heavy atom. The summed E-state index contributed by atoms with van der Waals surface area (Å²) in [7, 11) is 0. The van der Waals surface area contributed by atoms with Crippen molar-refractivity contribution in [2.75, 3.05) is 23.7 Å². The number of hydrogen-bond acceptors (Lipinski definition) is 6. The summed E-state index contributed by atoms with van der Waals surface area (Å²) in [5.74, 6) is -0.464. The van der Waals surface area contributed by atoms with E-state index in [2.05, 4.69) is 43.8 Å². The first-order valence-corrected chi connectivity index (χ1v) is 15.0. The molecule has 8 heteroatoms. The molecule has 5 aromatic carbocycles. The van der Waals surface area contributed by atoms with Gasteiger partial charge in [-0.15, -0.1) is 0 Å². The second-order valence-corrected chi connectivity index (χ2v) is 10.9. The van der Waals surface area contributed by atoms with Crippen LogP contribution in [-0.4, -0.2) is 37.3 Å². The second kappa shape index (κ2) is 15.6. The Balaban J connectivity index is 1.03. The van der Waals surface area contributed by atoms with E-state index in [1.165, 1.54) is 0 Å². The van der Waals surface area contributed by atoms with Crippen molar-refractivity contribution in [3.8, 4) is 0 Å². The molecule has 230 valence electrons. The predicted octanol–water partition coefficient (Wildman–Crippen LogP) is 7.23.